The number of primary amides is 2. The lowest BCUT2D eigenvalue weighted by Gasteiger charge is -2.31. The van der Waals surface area contributed by atoms with Gasteiger partial charge in [-0.2, -0.15) is 0 Å². The van der Waals surface area contributed by atoms with Crippen LogP contribution in [0.4, 0.5) is 9.59 Å². The Bertz CT molecular complexity index is 2370. The summed E-state index contributed by atoms with van der Waals surface area (Å²) in [5.74, 6) is -5.67. The highest BCUT2D eigenvalue weighted by atomic mass is 79.9. The van der Waals surface area contributed by atoms with Crippen LogP contribution in [0.15, 0.2) is 83.3 Å². The van der Waals surface area contributed by atoms with Crippen molar-refractivity contribution in [1.29, 1.82) is 0 Å². The van der Waals surface area contributed by atoms with Crippen LogP contribution in [-0.2, 0) is 67.4 Å². The zero-order valence-corrected chi connectivity index (χ0v) is 42.6. The minimum atomic E-state index is -1.40. The van der Waals surface area contributed by atoms with E-state index < -0.39 is 96.0 Å². The predicted octanol–water partition coefficient (Wildman–Crippen LogP) is 3.18. The molecule has 0 aliphatic carbocycles. The van der Waals surface area contributed by atoms with Gasteiger partial charge in [0.15, 0.2) is 0 Å². The number of likely N-dealkylation sites (tertiary alicyclic amines) is 1. The third-order valence-corrected chi connectivity index (χ3v) is 12.1. The minimum absolute atomic E-state index is 0.0283. The maximum absolute atomic E-state index is 14.4. The maximum Gasteiger partial charge on any atom is 0.514 e. The molecule has 3 aromatic rings. The molecule has 9 N–H and O–H groups in total. The number of carbonyl (C=O) groups excluding carboxylic acids is 9. The fourth-order valence-electron chi connectivity index (χ4n) is 7.33. The van der Waals surface area contributed by atoms with Crippen molar-refractivity contribution in [3.63, 3.8) is 0 Å². The number of nitrogens with zero attached hydrogens (tertiary/aromatic N) is 1. The molecule has 21 nitrogen and oxygen atoms in total. The van der Waals surface area contributed by atoms with E-state index in [1.807, 2.05) is 43.3 Å². The first-order chi connectivity index (χ1) is 34.1. The zero-order valence-electron chi connectivity index (χ0n) is 41.0. The standard InChI is InChI=1S/C50H65BrN8O13/c1-6-30(2)42(58-48(67)72-50(3,4)5)46(65)57-38(29-69-27-32-13-8-7-9-14-32)47(66)59-24-12-17-39(59)45(64)56-36(22-23-40(52)60)44(63)54-26-41(61)55-37(43(53)62)25-31-18-20-34(21-19-31)71-49(68)70-28-33-15-10-11-16-35(33)51/h7-11,13-16,18-21,30,36-39,42H,6,12,17,22-29H2,1-5H3,(H2,52,60)(H2,53,62)(H,54,63)(H,55,61)(H,56,64)(H,57,65)(H,58,67)/t30-,36-,37-,38-,39-,42-/m0/s1. The summed E-state index contributed by atoms with van der Waals surface area (Å²) in [5, 5.41) is 12.8. The van der Waals surface area contributed by atoms with Gasteiger partial charge in [-0.25, -0.2) is 9.59 Å². The van der Waals surface area contributed by atoms with Crippen LogP contribution in [0.25, 0.3) is 0 Å². The Balaban J connectivity index is 1.39. The Hall–Kier alpha value is -7.07. The smallest absolute Gasteiger partial charge is 0.444 e. The average molecular weight is 1070 g/mol. The molecule has 0 saturated carbocycles. The van der Waals surface area contributed by atoms with Crippen LogP contribution in [0.5, 0.6) is 5.75 Å². The van der Waals surface area contributed by atoms with E-state index in [4.69, 9.17) is 30.4 Å². The van der Waals surface area contributed by atoms with Crippen LogP contribution in [0.1, 0.15) is 83.4 Å². The molecule has 3 aromatic carbocycles. The lowest BCUT2D eigenvalue weighted by molar-refractivity contribution is -0.144. The Kier molecular flexibility index (Phi) is 22.4. The van der Waals surface area contributed by atoms with Gasteiger partial charge in [-0.1, -0.05) is 96.9 Å². The van der Waals surface area contributed by atoms with E-state index in [0.717, 1.165) is 15.6 Å². The van der Waals surface area contributed by atoms with Gasteiger partial charge in [-0.05, 0) is 75.3 Å². The van der Waals surface area contributed by atoms with Crippen molar-refractivity contribution in [1.82, 2.24) is 31.5 Å². The molecule has 0 bridgehead atoms. The largest absolute Gasteiger partial charge is 0.514 e. The van der Waals surface area contributed by atoms with Gasteiger partial charge in [0.1, 0.15) is 48.2 Å². The Morgan fingerprint density at radius 2 is 1.47 bits per heavy atom. The van der Waals surface area contributed by atoms with Crippen LogP contribution in [0, 0.1) is 5.92 Å². The first-order valence-corrected chi connectivity index (χ1v) is 24.3. The van der Waals surface area contributed by atoms with Crippen LogP contribution < -0.4 is 42.8 Å². The summed E-state index contributed by atoms with van der Waals surface area (Å²) in [7, 11) is 0. The molecule has 6 atom stereocenters. The van der Waals surface area contributed by atoms with E-state index in [0.29, 0.717) is 18.4 Å². The molecule has 390 valence electrons. The molecule has 22 heteroatoms. The number of alkyl carbamates (subject to hydrolysis) is 1. The Morgan fingerprint density at radius 3 is 2.11 bits per heavy atom. The second-order valence-corrected chi connectivity index (χ2v) is 19.0. The van der Waals surface area contributed by atoms with Crippen molar-refractivity contribution >= 4 is 69.5 Å². The maximum atomic E-state index is 14.4. The van der Waals surface area contributed by atoms with Gasteiger partial charge in [0, 0.05) is 29.4 Å². The lowest BCUT2D eigenvalue weighted by atomic mass is 9.98. The number of ether oxygens (including phenoxy) is 4. The molecule has 0 unspecified atom stereocenters. The Morgan fingerprint density at radius 1 is 0.792 bits per heavy atom. The second-order valence-electron chi connectivity index (χ2n) is 18.1. The molecule has 72 heavy (non-hydrogen) atoms. The van der Waals surface area contributed by atoms with Crippen molar-refractivity contribution in [2.75, 3.05) is 19.7 Å². The Labute approximate surface area is 426 Å². The molecule has 1 heterocycles. The van der Waals surface area contributed by atoms with Crippen molar-refractivity contribution < 1.29 is 62.1 Å². The number of nitrogens with one attached hydrogen (secondary N) is 5. The van der Waals surface area contributed by atoms with Crippen molar-refractivity contribution in [2.24, 2.45) is 17.4 Å². The summed E-state index contributed by atoms with van der Waals surface area (Å²) in [6.45, 7) is 7.83. The fraction of sp³-hybridized carbons (Fsp3) is 0.460. The monoisotopic (exact) mass is 1060 g/mol. The summed E-state index contributed by atoms with van der Waals surface area (Å²) in [4.78, 5) is 120. The number of hydrogen-bond donors (Lipinski definition) is 7. The zero-order chi connectivity index (χ0) is 53.0. The topological polar surface area (TPSA) is 306 Å². The molecule has 8 amide bonds. The molecule has 1 fully saturated rings. The number of amides is 8. The number of benzene rings is 3. The highest BCUT2D eigenvalue weighted by Gasteiger charge is 2.40. The lowest BCUT2D eigenvalue weighted by Crippen LogP contribution is -2.60. The number of halogens is 1. The molecule has 1 aliphatic heterocycles. The summed E-state index contributed by atoms with van der Waals surface area (Å²) < 4.78 is 22.5. The van der Waals surface area contributed by atoms with Crippen LogP contribution >= 0.6 is 15.9 Å². The summed E-state index contributed by atoms with van der Waals surface area (Å²) >= 11 is 3.38. The minimum Gasteiger partial charge on any atom is -0.444 e. The highest BCUT2D eigenvalue weighted by molar-refractivity contribution is 9.10. The second kappa shape index (κ2) is 28.1. The molecular formula is C50H65BrN8O13. The molecular weight excluding hydrogens is 1000 g/mol. The van der Waals surface area contributed by atoms with Gasteiger partial charge in [0.05, 0.1) is 19.8 Å². The quantitative estimate of drug-likeness (QED) is 0.0475. The summed E-state index contributed by atoms with van der Waals surface area (Å²) in [6.07, 6.45) is -1.40. The number of hydrogen-bond acceptors (Lipinski definition) is 13. The van der Waals surface area contributed by atoms with E-state index in [1.54, 1.807) is 58.0 Å². The molecule has 0 aromatic heterocycles. The van der Waals surface area contributed by atoms with Crippen LogP contribution in [-0.4, -0.2) is 114 Å². The van der Waals surface area contributed by atoms with Crippen LogP contribution in [0.3, 0.4) is 0 Å². The van der Waals surface area contributed by atoms with Gasteiger partial charge >= 0.3 is 12.2 Å². The third-order valence-electron chi connectivity index (χ3n) is 11.3. The number of rotatable bonds is 25. The number of nitrogens with two attached hydrogens (primary N) is 2. The van der Waals surface area contributed by atoms with Gasteiger partial charge < -0.3 is 61.9 Å². The van der Waals surface area contributed by atoms with E-state index in [2.05, 4.69) is 42.5 Å². The van der Waals surface area contributed by atoms with Crippen molar-refractivity contribution in [3.8, 4) is 5.75 Å². The van der Waals surface area contributed by atoms with Gasteiger partial charge in [0.2, 0.25) is 41.4 Å². The first kappa shape index (κ1) is 57.5. The first-order valence-electron chi connectivity index (χ1n) is 23.5. The highest BCUT2D eigenvalue weighted by Crippen LogP contribution is 2.22. The van der Waals surface area contributed by atoms with Crippen molar-refractivity contribution in [2.45, 2.75) is 122 Å². The van der Waals surface area contributed by atoms with Gasteiger partial charge in [0.25, 0.3) is 0 Å². The average Bonchev–Trinajstić information content (AvgIpc) is 3.83. The predicted molar refractivity (Wildman–Crippen MR) is 265 cm³/mol. The van der Waals surface area contributed by atoms with E-state index >= 15 is 0 Å². The van der Waals surface area contributed by atoms with E-state index in [9.17, 15) is 43.2 Å². The fourth-order valence-corrected chi connectivity index (χ4v) is 7.73. The van der Waals surface area contributed by atoms with Crippen LogP contribution in [0.2, 0.25) is 0 Å². The van der Waals surface area contributed by atoms with Crippen molar-refractivity contribution in [3.05, 3.63) is 100 Å². The van der Waals surface area contributed by atoms with Gasteiger partial charge in [-0.15, -0.1) is 0 Å². The normalized spacial score (nSPS) is 15.3. The molecule has 1 aliphatic rings. The molecule has 4 rings (SSSR count). The molecule has 0 radical (unpaired) electrons. The van der Waals surface area contributed by atoms with Gasteiger partial charge in [-0.3, -0.25) is 33.6 Å². The van der Waals surface area contributed by atoms with E-state index in [-0.39, 0.29) is 63.7 Å². The number of carbonyl (C=O) groups is 9. The summed E-state index contributed by atoms with van der Waals surface area (Å²) in [5.41, 5.74) is 12.2. The van der Waals surface area contributed by atoms with E-state index in [1.165, 1.54) is 17.0 Å². The molecule has 1 saturated heterocycles. The SMILES string of the molecule is CC[C@H](C)[C@H](NC(=O)OC(C)(C)C)C(=O)N[C@@H](COCc1ccccc1)C(=O)N1CCC[C@H]1C(=O)N[C@@H](CCC(N)=O)C(=O)NCC(=O)N[C@@H](Cc1ccc(OC(=O)OCc2ccccc2Br)cc1)C(N)=O. The molecule has 0 spiro atoms. The third kappa shape index (κ3) is 19.3. The summed E-state index contributed by atoms with van der Waals surface area (Å²) in [6, 6.07) is 16.2.